The first-order chi connectivity index (χ1) is 10.7. The van der Waals surface area contributed by atoms with Gasteiger partial charge in [0.1, 0.15) is 5.69 Å². The molecule has 0 saturated carbocycles. The van der Waals surface area contributed by atoms with Crippen LogP contribution in [0.15, 0.2) is 0 Å². The van der Waals surface area contributed by atoms with Gasteiger partial charge in [-0.15, -0.1) is 0 Å². The second kappa shape index (κ2) is 6.18. The minimum Gasteiger partial charge on any atom is -0.481 e. The molecule has 126 valence electrons. The highest BCUT2D eigenvalue weighted by atomic mass is 16.4. The van der Waals surface area contributed by atoms with Gasteiger partial charge in [-0.25, -0.2) is 0 Å². The number of aryl methyl sites for hydroxylation is 1. The molecular formula is C17H24N2O4. The highest BCUT2D eigenvalue weighted by molar-refractivity contribution is 6.04. The summed E-state index contributed by atoms with van der Waals surface area (Å²) >= 11 is 0. The van der Waals surface area contributed by atoms with E-state index >= 15 is 0 Å². The number of carboxylic acid groups (broad SMARTS) is 1. The number of aromatic nitrogens is 1. The van der Waals surface area contributed by atoms with Crippen LogP contribution in [0.1, 0.15) is 72.1 Å². The molecule has 0 saturated heterocycles. The number of amides is 1. The number of nitrogens with one attached hydrogen (secondary N) is 2. The first kappa shape index (κ1) is 17.2. The van der Waals surface area contributed by atoms with Crippen LogP contribution >= 0.6 is 0 Å². The molecule has 1 aromatic rings. The standard InChI is InChI=1S/C17H24N2O4/c1-9(2)17(4,8-13(21)22)19-16(23)15-10(3)14-11(18-15)6-5-7-12(14)20/h9,18H,5-8H2,1-4H3,(H,19,23)(H,21,22). The van der Waals surface area contributed by atoms with Gasteiger partial charge < -0.3 is 15.4 Å². The Labute approximate surface area is 135 Å². The summed E-state index contributed by atoms with van der Waals surface area (Å²) in [7, 11) is 0. The maximum atomic E-state index is 12.6. The van der Waals surface area contributed by atoms with E-state index in [9.17, 15) is 14.4 Å². The van der Waals surface area contributed by atoms with E-state index in [0.717, 1.165) is 18.5 Å². The van der Waals surface area contributed by atoms with Crippen LogP contribution in [-0.4, -0.2) is 33.3 Å². The maximum Gasteiger partial charge on any atom is 0.305 e. The van der Waals surface area contributed by atoms with E-state index in [1.807, 2.05) is 13.8 Å². The van der Waals surface area contributed by atoms with Crippen LogP contribution in [0.25, 0.3) is 0 Å². The van der Waals surface area contributed by atoms with Crippen LogP contribution in [0.3, 0.4) is 0 Å². The van der Waals surface area contributed by atoms with Gasteiger partial charge in [0.2, 0.25) is 0 Å². The second-order valence-electron chi connectivity index (χ2n) is 6.85. The predicted molar refractivity (Wildman–Crippen MR) is 85.8 cm³/mol. The van der Waals surface area contributed by atoms with Crippen LogP contribution in [-0.2, 0) is 11.2 Å². The Morgan fingerprint density at radius 3 is 2.52 bits per heavy atom. The SMILES string of the molecule is Cc1c(C(=O)NC(C)(CC(=O)O)C(C)C)[nH]c2c1C(=O)CCC2. The molecular weight excluding hydrogens is 296 g/mol. The van der Waals surface area contributed by atoms with Crippen molar-refractivity contribution < 1.29 is 19.5 Å². The minimum absolute atomic E-state index is 0.0472. The molecule has 0 aliphatic heterocycles. The number of fused-ring (bicyclic) bond motifs is 1. The topological polar surface area (TPSA) is 99.3 Å². The average Bonchev–Trinajstić information content (AvgIpc) is 2.76. The zero-order valence-electron chi connectivity index (χ0n) is 14.1. The third-order valence-electron chi connectivity index (χ3n) is 4.86. The van der Waals surface area contributed by atoms with E-state index in [1.165, 1.54) is 0 Å². The lowest BCUT2D eigenvalue weighted by molar-refractivity contribution is -0.138. The number of carbonyl (C=O) groups excluding carboxylic acids is 2. The van der Waals surface area contributed by atoms with Crippen LogP contribution in [0, 0.1) is 12.8 Å². The largest absolute Gasteiger partial charge is 0.481 e. The molecule has 1 unspecified atom stereocenters. The summed E-state index contributed by atoms with van der Waals surface area (Å²) in [6, 6.07) is 0. The highest BCUT2D eigenvalue weighted by Gasteiger charge is 2.35. The van der Waals surface area contributed by atoms with Crippen molar-refractivity contribution in [2.24, 2.45) is 5.92 Å². The monoisotopic (exact) mass is 320 g/mol. The summed E-state index contributed by atoms with van der Waals surface area (Å²) < 4.78 is 0. The van der Waals surface area contributed by atoms with Crippen molar-refractivity contribution in [2.45, 2.75) is 58.9 Å². The maximum absolute atomic E-state index is 12.6. The number of ketones is 1. The molecule has 1 aromatic heterocycles. The number of hydrogen-bond donors (Lipinski definition) is 3. The Bertz CT molecular complexity index is 660. The molecule has 1 amide bonds. The van der Waals surface area contributed by atoms with Crippen molar-refractivity contribution in [3.8, 4) is 0 Å². The number of carboxylic acids is 1. The number of aromatic amines is 1. The van der Waals surface area contributed by atoms with Crippen LogP contribution < -0.4 is 5.32 Å². The van der Waals surface area contributed by atoms with Crippen molar-refractivity contribution in [1.29, 1.82) is 0 Å². The van der Waals surface area contributed by atoms with Crippen LogP contribution in [0.4, 0.5) is 0 Å². The third kappa shape index (κ3) is 3.30. The number of H-pyrrole nitrogens is 1. The summed E-state index contributed by atoms with van der Waals surface area (Å²) in [6.45, 7) is 7.24. The molecule has 23 heavy (non-hydrogen) atoms. The van der Waals surface area contributed by atoms with Crippen molar-refractivity contribution in [1.82, 2.24) is 10.3 Å². The Hall–Kier alpha value is -2.11. The Morgan fingerprint density at radius 2 is 2.00 bits per heavy atom. The molecule has 0 spiro atoms. The van der Waals surface area contributed by atoms with E-state index in [4.69, 9.17) is 5.11 Å². The highest BCUT2D eigenvalue weighted by Crippen LogP contribution is 2.28. The van der Waals surface area contributed by atoms with Crippen LogP contribution in [0.5, 0.6) is 0 Å². The number of rotatable bonds is 5. The molecule has 3 N–H and O–H groups in total. The molecule has 6 nitrogen and oxygen atoms in total. The summed E-state index contributed by atoms with van der Waals surface area (Å²) in [5.74, 6) is -1.30. The van der Waals surface area contributed by atoms with Gasteiger partial charge in [0.25, 0.3) is 5.91 Å². The Morgan fingerprint density at radius 1 is 1.35 bits per heavy atom. The summed E-state index contributed by atoms with van der Waals surface area (Å²) in [6.07, 6.45) is 1.89. The Kier molecular flexibility index (Phi) is 4.63. The molecule has 6 heteroatoms. The number of carbonyl (C=O) groups is 3. The molecule has 1 aliphatic rings. The number of aliphatic carboxylic acids is 1. The summed E-state index contributed by atoms with van der Waals surface area (Å²) in [5, 5.41) is 11.9. The predicted octanol–water partition coefficient (Wildman–Crippen LogP) is 2.46. The molecule has 2 rings (SSSR count). The van der Waals surface area contributed by atoms with Crippen molar-refractivity contribution in [3.05, 3.63) is 22.5 Å². The Balaban J connectivity index is 2.30. The zero-order valence-corrected chi connectivity index (χ0v) is 14.1. The zero-order chi connectivity index (χ0) is 17.4. The van der Waals surface area contributed by atoms with Crippen molar-refractivity contribution in [3.63, 3.8) is 0 Å². The molecule has 0 aromatic carbocycles. The summed E-state index contributed by atoms with van der Waals surface area (Å²) in [4.78, 5) is 38.9. The van der Waals surface area contributed by atoms with E-state index in [0.29, 0.717) is 23.2 Å². The van der Waals surface area contributed by atoms with Crippen molar-refractivity contribution >= 4 is 17.7 Å². The fourth-order valence-corrected chi connectivity index (χ4v) is 3.03. The molecule has 0 bridgehead atoms. The van der Waals surface area contributed by atoms with Crippen LogP contribution in [0.2, 0.25) is 0 Å². The molecule has 1 heterocycles. The van der Waals surface area contributed by atoms with Gasteiger partial charge in [0, 0.05) is 17.7 Å². The van der Waals surface area contributed by atoms with Gasteiger partial charge in [-0.3, -0.25) is 14.4 Å². The molecule has 1 atom stereocenters. The number of Topliss-reactive ketones (excluding diaryl/α,β-unsaturated/α-hetero) is 1. The lowest BCUT2D eigenvalue weighted by Crippen LogP contribution is -2.51. The third-order valence-corrected chi connectivity index (χ3v) is 4.86. The van der Waals surface area contributed by atoms with E-state index in [2.05, 4.69) is 10.3 Å². The average molecular weight is 320 g/mol. The van der Waals surface area contributed by atoms with Gasteiger partial charge in [0.05, 0.1) is 12.0 Å². The molecule has 0 fully saturated rings. The smallest absolute Gasteiger partial charge is 0.305 e. The fraction of sp³-hybridized carbons (Fsp3) is 0.588. The quantitative estimate of drug-likeness (QED) is 0.776. The molecule has 1 aliphatic carbocycles. The number of hydrogen-bond acceptors (Lipinski definition) is 3. The lowest BCUT2D eigenvalue weighted by Gasteiger charge is -2.33. The lowest BCUT2D eigenvalue weighted by atomic mass is 9.85. The fourth-order valence-electron chi connectivity index (χ4n) is 3.03. The van der Waals surface area contributed by atoms with Gasteiger partial charge in [-0.05, 0) is 38.2 Å². The minimum atomic E-state index is -0.959. The second-order valence-corrected chi connectivity index (χ2v) is 6.85. The van der Waals surface area contributed by atoms with Gasteiger partial charge in [-0.2, -0.15) is 0 Å². The van der Waals surface area contributed by atoms with Gasteiger partial charge in [0.15, 0.2) is 5.78 Å². The summed E-state index contributed by atoms with van der Waals surface area (Å²) in [5.41, 5.74) is 1.61. The van der Waals surface area contributed by atoms with Crippen molar-refractivity contribution in [2.75, 3.05) is 0 Å². The first-order valence-electron chi connectivity index (χ1n) is 7.94. The normalized spacial score (nSPS) is 16.8. The van der Waals surface area contributed by atoms with E-state index in [1.54, 1.807) is 13.8 Å². The first-order valence-corrected chi connectivity index (χ1v) is 7.94. The van der Waals surface area contributed by atoms with E-state index < -0.39 is 11.5 Å². The van der Waals surface area contributed by atoms with Gasteiger partial charge in [-0.1, -0.05) is 13.8 Å². The van der Waals surface area contributed by atoms with Gasteiger partial charge >= 0.3 is 5.97 Å². The molecule has 0 radical (unpaired) electrons. The van der Waals surface area contributed by atoms with E-state index in [-0.39, 0.29) is 24.0 Å².